The van der Waals surface area contributed by atoms with E-state index in [4.69, 9.17) is 0 Å². The van der Waals surface area contributed by atoms with Crippen LogP contribution in [0.15, 0.2) is 18.3 Å². The second-order valence-corrected chi connectivity index (χ2v) is 4.60. The zero-order valence-electron chi connectivity index (χ0n) is 11.0. The molecule has 1 heterocycles. The van der Waals surface area contributed by atoms with Gasteiger partial charge in [0, 0.05) is 25.0 Å². The van der Waals surface area contributed by atoms with E-state index in [1.807, 2.05) is 7.05 Å². The highest BCUT2D eigenvalue weighted by Crippen LogP contribution is 2.16. The molecule has 0 amide bonds. The summed E-state index contributed by atoms with van der Waals surface area (Å²) in [6, 6.07) is 4.36. The molecule has 1 N–H and O–H groups in total. The van der Waals surface area contributed by atoms with E-state index in [0.29, 0.717) is 0 Å². The average Bonchev–Trinajstić information content (AvgIpc) is 2.72. The molecule has 2 heteroatoms. The second-order valence-electron chi connectivity index (χ2n) is 4.60. The normalized spacial score (nSPS) is 12.9. The van der Waals surface area contributed by atoms with Gasteiger partial charge < -0.3 is 9.88 Å². The second kappa shape index (κ2) is 7.50. The molecule has 0 radical (unpaired) electrons. The summed E-state index contributed by atoms with van der Waals surface area (Å²) in [6.07, 6.45) is 7.54. The first-order valence-electron chi connectivity index (χ1n) is 6.60. The zero-order valence-corrected chi connectivity index (χ0v) is 11.0. The molecule has 2 nitrogen and oxygen atoms in total. The van der Waals surface area contributed by atoms with Gasteiger partial charge in [-0.3, -0.25) is 0 Å². The highest BCUT2D eigenvalue weighted by molar-refractivity contribution is 5.06. The van der Waals surface area contributed by atoms with E-state index in [2.05, 4.69) is 42.1 Å². The summed E-state index contributed by atoms with van der Waals surface area (Å²) < 4.78 is 2.40. The third kappa shape index (κ3) is 4.01. The summed E-state index contributed by atoms with van der Waals surface area (Å²) in [5.41, 5.74) is 1.40. The molecule has 0 saturated heterocycles. The van der Waals surface area contributed by atoms with Crippen LogP contribution in [0.1, 0.15) is 45.2 Å². The Hall–Kier alpha value is -0.760. The van der Waals surface area contributed by atoms with Gasteiger partial charge in [0.25, 0.3) is 0 Å². The first-order chi connectivity index (χ1) is 7.81. The van der Waals surface area contributed by atoms with Crippen molar-refractivity contribution in [1.82, 2.24) is 9.88 Å². The van der Waals surface area contributed by atoms with Crippen molar-refractivity contribution < 1.29 is 0 Å². The molecule has 1 unspecified atom stereocenters. The summed E-state index contributed by atoms with van der Waals surface area (Å²) in [7, 11) is 2.01. The lowest BCUT2D eigenvalue weighted by Crippen LogP contribution is -2.15. The Bertz CT molecular complexity index is 278. The highest BCUT2D eigenvalue weighted by Gasteiger charge is 2.08. The molecule has 0 aromatic carbocycles. The van der Waals surface area contributed by atoms with Crippen molar-refractivity contribution in [3.63, 3.8) is 0 Å². The fraction of sp³-hybridized carbons (Fsp3) is 0.714. The Labute approximate surface area is 100 Å². The summed E-state index contributed by atoms with van der Waals surface area (Å²) in [6.45, 7) is 6.73. The molecule has 92 valence electrons. The van der Waals surface area contributed by atoms with Gasteiger partial charge >= 0.3 is 0 Å². The van der Waals surface area contributed by atoms with Crippen LogP contribution >= 0.6 is 0 Å². The minimum atomic E-state index is 0.836. The fourth-order valence-corrected chi connectivity index (χ4v) is 2.16. The van der Waals surface area contributed by atoms with E-state index >= 15 is 0 Å². The lowest BCUT2D eigenvalue weighted by atomic mass is 9.99. The standard InChI is InChI=1S/C14H26N2/c1-4-6-8-13(5-2)12-16-10-7-9-14(16)11-15-3/h7,9-10,13,15H,4-6,8,11-12H2,1-3H3. The average molecular weight is 222 g/mol. The van der Waals surface area contributed by atoms with Crippen molar-refractivity contribution in [1.29, 1.82) is 0 Å². The fourth-order valence-electron chi connectivity index (χ4n) is 2.16. The quantitative estimate of drug-likeness (QED) is 0.713. The van der Waals surface area contributed by atoms with Gasteiger partial charge in [-0.15, -0.1) is 0 Å². The third-order valence-electron chi connectivity index (χ3n) is 3.28. The molecule has 1 aromatic rings. The number of aromatic nitrogens is 1. The molecular formula is C14H26N2. The first kappa shape index (κ1) is 13.3. The first-order valence-corrected chi connectivity index (χ1v) is 6.60. The molecule has 0 fully saturated rings. The molecule has 1 aromatic heterocycles. The predicted octanol–water partition coefficient (Wildman–Crippen LogP) is 3.42. The Morgan fingerprint density at radius 2 is 2.19 bits per heavy atom. The topological polar surface area (TPSA) is 17.0 Å². The monoisotopic (exact) mass is 222 g/mol. The third-order valence-corrected chi connectivity index (χ3v) is 3.28. The number of hydrogen-bond donors (Lipinski definition) is 1. The molecule has 1 rings (SSSR count). The largest absolute Gasteiger partial charge is 0.350 e. The van der Waals surface area contributed by atoms with Gasteiger partial charge in [-0.25, -0.2) is 0 Å². The molecule has 1 atom stereocenters. The number of nitrogens with zero attached hydrogens (tertiary/aromatic N) is 1. The Morgan fingerprint density at radius 1 is 1.38 bits per heavy atom. The van der Waals surface area contributed by atoms with Crippen LogP contribution in [-0.2, 0) is 13.1 Å². The molecule has 0 spiro atoms. The predicted molar refractivity (Wildman–Crippen MR) is 70.5 cm³/mol. The Kier molecular flexibility index (Phi) is 6.24. The summed E-state index contributed by atoms with van der Waals surface area (Å²) in [4.78, 5) is 0. The van der Waals surface area contributed by atoms with E-state index in [-0.39, 0.29) is 0 Å². The number of hydrogen-bond acceptors (Lipinski definition) is 1. The van der Waals surface area contributed by atoms with E-state index < -0.39 is 0 Å². The maximum absolute atomic E-state index is 3.22. The van der Waals surface area contributed by atoms with Gasteiger partial charge in [0.1, 0.15) is 0 Å². The van der Waals surface area contributed by atoms with Crippen molar-refractivity contribution in [3.8, 4) is 0 Å². The van der Waals surface area contributed by atoms with Crippen LogP contribution in [0.3, 0.4) is 0 Å². The summed E-state index contributed by atoms with van der Waals surface area (Å²) >= 11 is 0. The molecule has 0 aliphatic rings. The van der Waals surface area contributed by atoms with E-state index in [1.54, 1.807) is 0 Å². The van der Waals surface area contributed by atoms with E-state index in [0.717, 1.165) is 12.5 Å². The SMILES string of the molecule is CCCCC(CC)Cn1cccc1CNC. The lowest BCUT2D eigenvalue weighted by Gasteiger charge is -2.17. The molecule has 0 aliphatic carbocycles. The minimum Gasteiger partial charge on any atom is -0.350 e. The van der Waals surface area contributed by atoms with Crippen LogP contribution < -0.4 is 5.32 Å². The van der Waals surface area contributed by atoms with Gasteiger partial charge in [0.05, 0.1) is 0 Å². The molecular weight excluding hydrogens is 196 g/mol. The highest BCUT2D eigenvalue weighted by atomic mass is 15.0. The number of unbranched alkanes of at least 4 members (excludes halogenated alkanes) is 1. The number of rotatable bonds is 8. The maximum atomic E-state index is 3.22. The smallest absolute Gasteiger partial charge is 0.0356 e. The molecule has 0 saturated carbocycles. The van der Waals surface area contributed by atoms with Crippen LogP contribution in [0.5, 0.6) is 0 Å². The molecule has 0 aliphatic heterocycles. The van der Waals surface area contributed by atoms with Crippen molar-refractivity contribution in [2.45, 2.75) is 52.6 Å². The van der Waals surface area contributed by atoms with Gasteiger partial charge in [-0.05, 0) is 31.5 Å². The van der Waals surface area contributed by atoms with Crippen LogP contribution in [0.4, 0.5) is 0 Å². The van der Waals surface area contributed by atoms with E-state index in [1.165, 1.54) is 37.9 Å². The summed E-state index contributed by atoms with van der Waals surface area (Å²) in [5, 5.41) is 3.22. The van der Waals surface area contributed by atoms with Gasteiger partial charge in [-0.1, -0.05) is 33.1 Å². The van der Waals surface area contributed by atoms with E-state index in [9.17, 15) is 0 Å². The van der Waals surface area contributed by atoms with Crippen LogP contribution in [-0.4, -0.2) is 11.6 Å². The lowest BCUT2D eigenvalue weighted by molar-refractivity contribution is 0.385. The van der Waals surface area contributed by atoms with Crippen molar-refractivity contribution in [2.75, 3.05) is 7.05 Å². The van der Waals surface area contributed by atoms with Crippen LogP contribution in [0.25, 0.3) is 0 Å². The van der Waals surface area contributed by atoms with Gasteiger partial charge in [-0.2, -0.15) is 0 Å². The van der Waals surface area contributed by atoms with Gasteiger partial charge in [0.2, 0.25) is 0 Å². The Morgan fingerprint density at radius 3 is 2.81 bits per heavy atom. The van der Waals surface area contributed by atoms with Crippen LogP contribution in [0.2, 0.25) is 0 Å². The maximum Gasteiger partial charge on any atom is 0.0356 e. The number of nitrogens with one attached hydrogen (secondary N) is 1. The van der Waals surface area contributed by atoms with Gasteiger partial charge in [0.15, 0.2) is 0 Å². The van der Waals surface area contributed by atoms with Crippen molar-refractivity contribution >= 4 is 0 Å². The Balaban J connectivity index is 2.51. The molecule has 16 heavy (non-hydrogen) atoms. The molecule has 0 bridgehead atoms. The summed E-state index contributed by atoms with van der Waals surface area (Å²) in [5.74, 6) is 0.836. The van der Waals surface area contributed by atoms with Crippen molar-refractivity contribution in [2.24, 2.45) is 5.92 Å². The van der Waals surface area contributed by atoms with Crippen molar-refractivity contribution in [3.05, 3.63) is 24.0 Å². The zero-order chi connectivity index (χ0) is 11.8. The minimum absolute atomic E-state index is 0.836. The van der Waals surface area contributed by atoms with Crippen LogP contribution in [0, 0.1) is 5.92 Å².